The van der Waals surface area contributed by atoms with Gasteiger partial charge >= 0.3 is 0 Å². The molecule has 0 atom stereocenters. The molecule has 0 aliphatic carbocycles. The summed E-state index contributed by atoms with van der Waals surface area (Å²) in [6, 6.07) is 25.1. The predicted octanol–water partition coefficient (Wildman–Crippen LogP) is 5.98. The van der Waals surface area contributed by atoms with Gasteiger partial charge in [-0.25, -0.2) is 9.37 Å². The molecule has 3 aromatic carbocycles. The van der Waals surface area contributed by atoms with Crippen molar-refractivity contribution in [3.63, 3.8) is 0 Å². The van der Waals surface area contributed by atoms with Crippen LogP contribution in [-0.4, -0.2) is 26.1 Å². The van der Waals surface area contributed by atoms with Crippen LogP contribution in [0.15, 0.2) is 97.6 Å². The normalized spacial score (nSPS) is 10.7. The van der Waals surface area contributed by atoms with E-state index in [0.717, 1.165) is 36.3 Å². The van der Waals surface area contributed by atoms with Gasteiger partial charge in [-0.3, -0.25) is 0 Å². The van der Waals surface area contributed by atoms with Crippen molar-refractivity contribution < 1.29 is 4.39 Å². The number of aromatic nitrogens is 2. The van der Waals surface area contributed by atoms with Gasteiger partial charge in [-0.05, 0) is 59.6 Å². The number of thiocarbonyl (C=S) groups is 1. The third kappa shape index (κ3) is 6.02. The second kappa shape index (κ2) is 10.7. The van der Waals surface area contributed by atoms with Crippen molar-refractivity contribution >= 4 is 23.0 Å². The van der Waals surface area contributed by atoms with Crippen molar-refractivity contribution in [1.82, 2.24) is 14.5 Å². The summed E-state index contributed by atoms with van der Waals surface area (Å²) in [4.78, 5) is 6.21. The van der Waals surface area contributed by atoms with Crippen molar-refractivity contribution in [1.29, 1.82) is 0 Å². The van der Waals surface area contributed by atoms with Crippen LogP contribution in [0.25, 0.3) is 11.1 Å². The zero-order valence-electron chi connectivity index (χ0n) is 17.7. The van der Waals surface area contributed by atoms with Gasteiger partial charge in [-0.1, -0.05) is 54.6 Å². The highest BCUT2D eigenvalue weighted by Crippen LogP contribution is 2.21. The van der Waals surface area contributed by atoms with E-state index in [4.69, 9.17) is 12.2 Å². The van der Waals surface area contributed by atoms with Crippen LogP contribution in [0.1, 0.15) is 12.0 Å². The molecular weight excluding hydrogens is 419 g/mol. The topological polar surface area (TPSA) is 33.1 Å². The Morgan fingerprint density at radius 2 is 1.66 bits per heavy atom. The van der Waals surface area contributed by atoms with Gasteiger partial charge < -0.3 is 14.8 Å². The fraction of sp³-hybridized carbons (Fsp3) is 0.154. The first kappa shape index (κ1) is 21.7. The summed E-state index contributed by atoms with van der Waals surface area (Å²) < 4.78 is 15.4. The largest absolute Gasteiger partial charge is 0.345 e. The van der Waals surface area contributed by atoms with E-state index in [0.29, 0.717) is 11.7 Å². The van der Waals surface area contributed by atoms with Gasteiger partial charge in [0.2, 0.25) is 0 Å². The molecule has 0 unspecified atom stereocenters. The number of imidazole rings is 1. The molecule has 0 amide bonds. The highest BCUT2D eigenvalue weighted by atomic mass is 32.1. The van der Waals surface area contributed by atoms with Crippen LogP contribution >= 0.6 is 12.2 Å². The van der Waals surface area contributed by atoms with E-state index in [1.165, 1.54) is 17.7 Å². The fourth-order valence-electron chi connectivity index (χ4n) is 3.50. The SMILES string of the molecule is Fc1ccc(CN(CCCn2ccnc2)C(=S)Nc2ccc(-c3ccccc3)cc2)cc1. The molecule has 0 radical (unpaired) electrons. The summed E-state index contributed by atoms with van der Waals surface area (Å²) in [6.07, 6.45) is 6.46. The van der Waals surface area contributed by atoms with E-state index in [9.17, 15) is 4.39 Å². The van der Waals surface area contributed by atoms with Crippen LogP contribution in [0, 0.1) is 5.82 Å². The second-order valence-corrected chi connectivity index (χ2v) is 7.96. The average Bonchev–Trinajstić information content (AvgIpc) is 3.34. The van der Waals surface area contributed by atoms with E-state index in [-0.39, 0.29) is 5.82 Å². The highest BCUT2D eigenvalue weighted by molar-refractivity contribution is 7.80. The van der Waals surface area contributed by atoms with Gasteiger partial charge in [0.15, 0.2) is 5.11 Å². The molecular formula is C26H25FN4S. The molecule has 4 nitrogen and oxygen atoms in total. The monoisotopic (exact) mass is 444 g/mol. The Kier molecular flexibility index (Phi) is 7.25. The van der Waals surface area contributed by atoms with Gasteiger partial charge in [0.25, 0.3) is 0 Å². The summed E-state index contributed by atoms with van der Waals surface area (Å²) in [6.45, 7) is 2.23. The first-order valence-electron chi connectivity index (χ1n) is 10.6. The molecule has 0 bridgehead atoms. The van der Waals surface area contributed by atoms with Crippen LogP contribution in [0.5, 0.6) is 0 Å². The molecule has 4 aromatic rings. The quantitative estimate of drug-likeness (QED) is 0.339. The fourth-order valence-corrected chi connectivity index (χ4v) is 3.78. The number of halogens is 1. The van der Waals surface area contributed by atoms with E-state index in [1.54, 1.807) is 18.3 Å². The molecule has 0 saturated carbocycles. The minimum absolute atomic E-state index is 0.236. The Balaban J connectivity index is 1.42. The number of anilines is 1. The number of benzene rings is 3. The molecule has 1 aromatic heterocycles. The van der Waals surface area contributed by atoms with Crippen LogP contribution in [0.4, 0.5) is 10.1 Å². The van der Waals surface area contributed by atoms with Crippen molar-refractivity contribution in [2.24, 2.45) is 0 Å². The molecule has 1 heterocycles. The van der Waals surface area contributed by atoms with E-state index < -0.39 is 0 Å². The summed E-state index contributed by atoms with van der Waals surface area (Å²) in [5, 5.41) is 4.01. The highest BCUT2D eigenvalue weighted by Gasteiger charge is 2.11. The number of hydrogen-bond acceptors (Lipinski definition) is 2. The minimum atomic E-state index is -0.236. The molecule has 0 spiro atoms. The van der Waals surface area contributed by atoms with Crippen LogP contribution in [-0.2, 0) is 13.1 Å². The first-order chi connectivity index (χ1) is 15.7. The summed E-state index contributed by atoms with van der Waals surface area (Å²) in [7, 11) is 0. The molecule has 0 fully saturated rings. The molecule has 0 aliphatic rings. The molecule has 32 heavy (non-hydrogen) atoms. The van der Waals surface area contributed by atoms with Crippen LogP contribution < -0.4 is 5.32 Å². The lowest BCUT2D eigenvalue weighted by atomic mass is 10.1. The van der Waals surface area contributed by atoms with E-state index >= 15 is 0 Å². The number of rotatable bonds is 8. The van der Waals surface area contributed by atoms with Crippen LogP contribution in [0.3, 0.4) is 0 Å². The second-order valence-electron chi connectivity index (χ2n) is 7.58. The van der Waals surface area contributed by atoms with E-state index in [1.807, 2.05) is 42.9 Å². The lowest BCUT2D eigenvalue weighted by molar-refractivity contribution is 0.395. The van der Waals surface area contributed by atoms with Crippen molar-refractivity contribution in [2.45, 2.75) is 19.5 Å². The van der Waals surface area contributed by atoms with E-state index in [2.05, 4.69) is 44.0 Å². The number of nitrogens with one attached hydrogen (secondary N) is 1. The van der Waals surface area contributed by atoms with Gasteiger partial charge in [0, 0.05) is 37.7 Å². The molecule has 6 heteroatoms. The van der Waals surface area contributed by atoms with Crippen LogP contribution in [0.2, 0.25) is 0 Å². The Hall–Kier alpha value is -3.51. The van der Waals surface area contributed by atoms with Gasteiger partial charge in [-0.2, -0.15) is 0 Å². The predicted molar refractivity (Wildman–Crippen MR) is 132 cm³/mol. The summed E-state index contributed by atoms with van der Waals surface area (Å²) in [5.74, 6) is -0.236. The standard InChI is InChI=1S/C26H25FN4S/c27-24-11-7-21(8-12-24)19-31(17-4-16-30-18-15-28-20-30)26(32)29-25-13-9-23(10-14-25)22-5-2-1-3-6-22/h1-3,5-15,18,20H,4,16-17,19H2,(H,29,32). The maximum atomic E-state index is 13.3. The first-order valence-corrected chi connectivity index (χ1v) is 11.0. The number of nitrogens with zero attached hydrogens (tertiary/aromatic N) is 3. The zero-order valence-corrected chi connectivity index (χ0v) is 18.5. The average molecular weight is 445 g/mol. The molecule has 162 valence electrons. The third-order valence-electron chi connectivity index (χ3n) is 5.22. The Morgan fingerprint density at radius 3 is 2.34 bits per heavy atom. The molecule has 0 aliphatic heterocycles. The Morgan fingerprint density at radius 1 is 0.938 bits per heavy atom. The lowest BCUT2D eigenvalue weighted by Gasteiger charge is -2.26. The molecule has 1 N–H and O–H groups in total. The van der Waals surface area contributed by atoms with Crippen molar-refractivity contribution in [3.8, 4) is 11.1 Å². The lowest BCUT2D eigenvalue weighted by Crippen LogP contribution is -2.35. The van der Waals surface area contributed by atoms with Crippen molar-refractivity contribution in [3.05, 3.63) is 109 Å². The van der Waals surface area contributed by atoms with Gasteiger partial charge in [0.05, 0.1) is 6.33 Å². The summed E-state index contributed by atoms with van der Waals surface area (Å²) >= 11 is 5.74. The Labute approximate surface area is 193 Å². The maximum absolute atomic E-state index is 13.3. The maximum Gasteiger partial charge on any atom is 0.173 e. The smallest absolute Gasteiger partial charge is 0.173 e. The van der Waals surface area contributed by atoms with Gasteiger partial charge in [0.1, 0.15) is 5.82 Å². The Bertz CT molecular complexity index is 1110. The molecule has 4 rings (SSSR count). The third-order valence-corrected chi connectivity index (χ3v) is 5.58. The summed E-state index contributed by atoms with van der Waals surface area (Å²) in [5.41, 5.74) is 4.29. The minimum Gasteiger partial charge on any atom is -0.345 e. The molecule has 0 saturated heterocycles. The zero-order chi connectivity index (χ0) is 22.2. The van der Waals surface area contributed by atoms with Crippen molar-refractivity contribution in [2.75, 3.05) is 11.9 Å². The number of aryl methyl sites for hydroxylation is 1. The van der Waals surface area contributed by atoms with Gasteiger partial charge in [-0.15, -0.1) is 0 Å². The number of hydrogen-bond donors (Lipinski definition) is 1.